The number of hydrogen-bond acceptors (Lipinski definition) is 4. The molecule has 1 aromatic heterocycles. The van der Waals surface area contributed by atoms with Crippen LogP contribution in [-0.4, -0.2) is 31.9 Å². The molecule has 2 unspecified atom stereocenters. The molecule has 1 N–H and O–H groups in total. The predicted octanol–water partition coefficient (Wildman–Crippen LogP) is 2.31. The number of pyridine rings is 1. The minimum atomic E-state index is 0.184. The molecule has 4 nitrogen and oxygen atoms in total. The summed E-state index contributed by atoms with van der Waals surface area (Å²) in [5.74, 6) is 0.840. The lowest BCUT2D eigenvalue weighted by molar-refractivity contribution is 0.00511. The van der Waals surface area contributed by atoms with Crippen molar-refractivity contribution >= 4 is 0 Å². The van der Waals surface area contributed by atoms with E-state index in [1.54, 1.807) is 7.11 Å². The second kappa shape index (κ2) is 6.71. The Balaban J connectivity index is 2.07. The maximum Gasteiger partial charge on any atom is 0.141 e. The first-order chi connectivity index (χ1) is 8.85. The van der Waals surface area contributed by atoms with Gasteiger partial charge in [0.1, 0.15) is 5.75 Å². The Kier molecular flexibility index (Phi) is 4.96. The minimum absolute atomic E-state index is 0.184. The molecule has 2 rings (SSSR count). The van der Waals surface area contributed by atoms with Crippen molar-refractivity contribution in [2.45, 2.75) is 37.8 Å². The van der Waals surface area contributed by atoms with E-state index in [9.17, 15) is 0 Å². The van der Waals surface area contributed by atoms with Gasteiger partial charge in [-0.3, -0.25) is 4.98 Å². The maximum atomic E-state index is 5.80. The van der Waals surface area contributed by atoms with E-state index in [1.165, 1.54) is 12.8 Å². The molecule has 1 aromatic rings. The Labute approximate surface area is 109 Å². The fraction of sp³-hybridized carbons (Fsp3) is 0.643. The van der Waals surface area contributed by atoms with Crippen LogP contribution in [-0.2, 0) is 4.74 Å². The average Bonchev–Trinajstić information content (AvgIpc) is 2.46. The Hall–Kier alpha value is -1.13. The largest absolute Gasteiger partial charge is 0.495 e. The molecule has 0 bridgehead atoms. The summed E-state index contributed by atoms with van der Waals surface area (Å²) < 4.78 is 11.2. The van der Waals surface area contributed by atoms with Gasteiger partial charge >= 0.3 is 0 Å². The SMILES string of the molecule is CNC(CC1CCCCO1)c1ncccc1OC. The van der Waals surface area contributed by atoms with Crippen molar-refractivity contribution in [1.82, 2.24) is 10.3 Å². The lowest BCUT2D eigenvalue weighted by Gasteiger charge is -2.27. The molecule has 0 amide bonds. The normalized spacial score (nSPS) is 21.6. The van der Waals surface area contributed by atoms with E-state index in [0.29, 0.717) is 6.10 Å². The molecule has 0 spiro atoms. The number of rotatable bonds is 5. The third kappa shape index (κ3) is 3.21. The summed E-state index contributed by atoms with van der Waals surface area (Å²) in [5.41, 5.74) is 0.969. The average molecular weight is 250 g/mol. The fourth-order valence-corrected chi connectivity index (χ4v) is 2.46. The summed E-state index contributed by atoms with van der Waals surface area (Å²) in [6, 6.07) is 4.03. The molecule has 0 saturated carbocycles. The van der Waals surface area contributed by atoms with E-state index >= 15 is 0 Å². The molecule has 2 atom stereocenters. The van der Waals surface area contributed by atoms with Crippen molar-refractivity contribution in [3.05, 3.63) is 24.0 Å². The first-order valence-electron chi connectivity index (χ1n) is 6.63. The van der Waals surface area contributed by atoms with Crippen LogP contribution in [0, 0.1) is 0 Å². The summed E-state index contributed by atoms with van der Waals surface area (Å²) in [4.78, 5) is 4.44. The molecule has 2 heterocycles. The highest BCUT2D eigenvalue weighted by atomic mass is 16.5. The van der Waals surface area contributed by atoms with Crippen LogP contribution in [0.25, 0.3) is 0 Å². The molecule has 1 aliphatic rings. The molecular formula is C14H22N2O2. The van der Waals surface area contributed by atoms with E-state index < -0.39 is 0 Å². The van der Waals surface area contributed by atoms with E-state index in [4.69, 9.17) is 9.47 Å². The third-order valence-electron chi connectivity index (χ3n) is 3.47. The molecule has 18 heavy (non-hydrogen) atoms. The minimum Gasteiger partial charge on any atom is -0.495 e. The first kappa shape index (κ1) is 13.3. The van der Waals surface area contributed by atoms with Crippen LogP contribution in [0.15, 0.2) is 18.3 Å². The highest BCUT2D eigenvalue weighted by molar-refractivity contribution is 5.29. The smallest absolute Gasteiger partial charge is 0.141 e. The van der Waals surface area contributed by atoms with E-state index in [1.807, 2.05) is 25.4 Å². The molecule has 100 valence electrons. The topological polar surface area (TPSA) is 43.4 Å². The van der Waals surface area contributed by atoms with Crippen LogP contribution in [0.3, 0.4) is 0 Å². The van der Waals surface area contributed by atoms with Gasteiger partial charge in [0.25, 0.3) is 0 Å². The van der Waals surface area contributed by atoms with Crippen LogP contribution in [0.4, 0.5) is 0 Å². The Bertz CT molecular complexity index is 365. The zero-order valence-electron chi connectivity index (χ0n) is 11.2. The summed E-state index contributed by atoms with van der Waals surface area (Å²) >= 11 is 0. The summed E-state index contributed by atoms with van der Waals surface area (Å²) in [7, 11) is 3.64. The molecule has 1 aliphatic heterocycles. The molecule has 0 aromatic carbocycles. The quantitative estimate of drug-likeness (QED) is 0.871. The van der Waals surface area contributed by atoms with Crippen LogP contribution in [0.5, 0.6) is 5.75 Å². The van der Waals surface area contributed by atoms with E-state index in [0.717, 1.165) is 30.9 Å². The zero-order chi connectivity index (χ0) is 12.8. The van der Waals surface area contributed by atoms with Crippen molar-refractivity contribution in [3.8, 4) is 5.75 Å². The van der Waals surface area contributed by atoms with Gasteiger partial charge in [-0.2, -0.15) is 0 Å². The number of nitrogens with zero attached hydrogens (tertiary/aromatic N) is 1. The Morgan fingerprint density at radius 3 is 3.11 bits per heavy atom. The molecular weight excluding hydrogens is 228 g/mol. The van der Waals surface area contributed by atoms with Gasteiger partial charge in [0.2, 0.25) is 0 Å². The van der Waals surface area contributed by atoms with Crippen molar-refractivity contribution < 1.29 is 9.47 Å². The first-order valence-corrected chi connectivity index (χ1v) is 6.63. The monoisotopic (exact) mass is 250 g/mol. The van der Waals surface area contributed by atoms with Gasteiger partial charge in [-0.25, -0.2) is 0 Å². The van der Waals surface area contributed by atoms with Gasteiger partial charge in [0, 0.05) is 12.8 Å². The maximum absolute atomic E-state index is 5.80. The fourth-order valence-electron chi connectivity index (χ4n) is 2.46. The standard InChI is InChI=1S/C14H22N2O2/c1-15-12(10-11-6-3-4-9-18-11)14-13(17-2)7-5-8-16-14/h5,7-8,11-12,15H,3-4,6,9-10H2,1-2H3. The van der Waals surface area contributed by atoms with Gasteiger partial charge in [-0.05, 0) is 44.9 Å². The highest BCUT2D eigenvalue weighted by Gasteiger charge is 2.22. The number of nitrogens with one attached hydrogen (secondary N) is 1. The van der Waals surface area contributed by atoms with Gasteiger partial charge in [-0.1, -0.05) is 0 Å². The lowest BCUT2D eigenvalue weighted by Crippen LogP contribution is -2.27. The molecule has 0 aliphatic carbocycles. The Morgan fingerprint density at radius 1 is 1.56 bits per heavy atom. The highest BCUT2D eigenvalue weighted by Crippen LogP contribution is 2.28. The molecule has 4 heteroatoms. The summed E-state index contributed by atoms with van der Waals surface area (Å²) in [6.45, 7) is 0.889. The number of methoxy groups -OCH3 is 1. The predicted molar refractivity (Wildman–Crippen MR) is 70.8 cm³/mol. The van der Waals surface area contributed by atoms with Crippen LogP contribution < -0.4 is 10.1 Å². The summed E-state index contributed by atoms with van der Waals surface area (Å²) in [5, 5.41) is 3.32. The van der Waals surface area contributed by atoms with Crippen molar-refractivity contribution in [1.29, 1.82) is 0 Å². The number of aromatic nitrogens is 1. The number of hydrogen-bond donors (Lipinski definition) is 1. The Morgan fingerprint density at radius 2 is 2.44 bits per heavy atom. The van der Waals surface area contributed by atoms with Gasteiger partial charge in [-0.15, -0.1) is 0 Å². The molecule has 1 fully saturated rings. The van der Waals surface area contributed by atoms with Gasteiger partial charge in [0.15, 0.2) is 0 Å². The van der Waals surface area contributed by atoms with Crippen LogP contribution >= 0.6 is 0 Å². The number of ether oxygens (including phenoxy) is 2. The van der Waals surface area contributed by atoms with Crippen LogP contribution in [0.2, 0.25) is 0 Å². The third-order valence-corrected chi connectivity index (χ3v) is 3.47. The van der Waals surface area contributed by atoms with Crippen molar-refractivity contribution in [2.24, 2.45) is 0 Å². The van der Waals surface area contributed by atoms with Crippen molar-refractivity contribution in [3.63, 3.8) is 0 Å². The summed E-state index contributed by atoms with van der Waals surface area (Å²) in [6.07, 6.45) is 6.69. The van der Waals surface area contributed by atoms with E-state index in [-0.39, 0.29) is 6.04 Å². The van der Waals surface area contributed by atoms with E-state index in [2.05, 4.69) is 10.3 Å². The molecule has 1 saturated heterocycles. The molecule has 0 radical (unpaired) electrons. The van der Waals surface area contributed by atoms with Crippen molar-refractivity contribution in [2.75, 3.05) is 20.8 Å². The lowest BCUT2D eigenvalue weighted by atomic mass is 9.99. The second-order valence-electron chi connectivity index (χ2n) is 4.66. The van der Waals surface area contributed by atoms with Gasteiger partial charge < -0.3 is 14.8 Å². The zero-order valence-corrected chi connectivity index (χ0v) is 11.2. The van der Waals surface area contributed by atoms with Gasteiger partial charge in [0.05, 0.1) is 24.9 Å². The van der Waals surface area contributed by atoms with Crippen LogP contribution in [0.1, 0.15) is 37.4 Å². The second-order valence-corrected chi connectivity index (χ2v) is 4.66.